The van der Waals surface area contributed by atoms with Gasteiger partial charge in [0.2, 0.25) is 10.0 Å². The van der Waals surface area contributed by atoms with Gasteiger partial charge in [0.1, 0.15) is 0 Å². The van der Waals surface area contributed by atoms with E-state index in [9.17, 15) is 26.4 Å². The van der Waals surface area contributed by atoms with E-state index in [0.717, 1.165) is 12.1 Å². The van der Waals surface area contributed by atoms with Gasteiger partial charge in [0.25, 0.3) is 5.91 Å². The van der Waals surface area contributed by atoms with Crippen LogP contribution >= 0.6 is 0 Å². The molecular formula is C20H23F3N2O3S. The smallest absolute Gasteiger partial charge is 0.339 e. The summed E-state index contributed by atoms with van der Waals surface area (Å²) in [7, 11) is -2.45. The number of halogens is 3. The van der Waals surface area contributed by atoms with E-state index in [1.165, 1.54) is 6.92 Å². The van der Waals surface area contributed by atoms with E-state index in [4.69, 9.17) is 0 Å². The first kappa shape index (κ1) is 22.9. The van der Waals surface area contributed by atoms with Crippen molar-refractivity contribution in [3.63, 3.8) is 0 Å². The molecule has 0 saturated carbocycles. The fourth-order valence-corrected chi connectivity index (χ4v) is 3.58. The quantitative estimate of drug-likeness (QED) is 0.757. The number of benzene rings is 2. The maximum Gasteiger partial charge on any atom is 0.416 e. The van der Waals surface area contributed by atoms with Crippen molar-refractivity contribution in [3.05, 3.63) is 64.7 Å². The number of carbonyl (C=O) groups excluding carboxylic acids is 1. The SMILES string of the molecule is Cc1ccc(S(=O)(=O)NCc2ccc(C(=O)N(C)C(C)C)cc2)cc1C(F)(F)F. The van der Waals surface area contributed by atoms with E-state index >= 15 is 0 Å². The minimum absolute atomic E-state index is 0.0325. The molecule has 0 bridgehead atoms. The number of hydrogen-bond acceptors (Lipinski definition) is 3. The maximum atomic E-state index is 13.0. The van der Waals surface area contributed by atoms with Gasteiger partial charge >= 0.3 is 6.18 Å². The Morgan fingerprint density at radius 3 is 2.21 bits per heavy atom. The van der Waals surface area contributed by atoms with E-state index in [-0.39, 0.29) is 24.1 Å². The number of hydrogen-bond donors (Lipinski definition) is 1. The van der Waals surface area contributed by atoms with E-state index in [1.54, 1.807) is 36.2 Å². The van der Waals surface area contributed by atoms with Crippen molar-refractivity contribution in [3.8, 4) is 0 Å². The first-order valence-electron chi connectivity index (χ1n) is 8.86. The average molecular weight is 428 g/mol. The zero-order valence-electron chi connectivity index (χ0n) is 16.5. The summed E-state index contributed by atoms with van der Waals surface area (Å²) in [6.07, 6.45) is -4.64. The summed E-state index contributed by atoms with van der Waals surface area (Å²) in [5, 5.41) is 0. The molecule has 9 heteroatoms. The molecule has 5 nitrogen and oxygen atoms in total. The normalized spacial score (nSPS) is 12.3. The van der Waals surface area contributed by atoms with Crippen molar-refractivity contribution < 1.29 is 26.4 Å². The Balaban J connectivity index is 2.14. The zero-order valence-corrected chi connectivity index (χ0v) is 17.4. The van der Waals surface area contributed by atoms with Gasteiger partial charge in [-0.05, 0) is 56.2 Å². The molecule has 0 unspecified atom stereocenters. The minimum Gasteiger partial charge on any atom is -0.339 e. The standard InChI is InChI=1S/C20H23F3N2O3S/c1-13(2)25(4)19(26)16-8-6-15(7-9-16)12-24-29(27,28)17-10-5-14(3)18(11-17)20(21,22)23/h5-11,13,24H,12H2,1-4H3. The molecule has 2 rings (SSSR count). The van der Waals surface area contributed by atoms with Crippen LogP contribution in [0.3, 0.4) is 0 Å². The number of aryl methyl sites for hydroxylation is 1. The largest absolute Gasteiger partial charge is 0.416 e. The van der Waals surface area contributed by atoms with Crippen LogP contribution in [0.5, 0.6) is 0 Å². The molecule has 1 amide bonds. The number of rotatable bonds is 6. The minimum atomic E-state index is -4.64. The van der Waals surface area contributed by atoms with Gasteiger partial charge in [-0.1, -0.05) is 18.2 Å². The Hall–Kier alpha value is -2.39. The van der Waals surface area contributed by atoms with Crippen molar-refractivity contribution in [2.45, 2.75) is 44.4 Å². The third-order valence-electron chi connectivity index (χ3n) is 4.59. The van der Waals surface area contributed by atoms with Crippen molar-refractivity contribution in [1.82, 2.24) is 9.62 Å². The molecule has 29 heavy (non-hydrogen) atoms. The molecule has 0 atom stereocenters. The summed E-state index contributed by atoms with van der Waals surface area (Å²) in [6, 6.07) is 9.28. The van der Waals surface area contributed by atoms with Gasteiger partial charge in [-0.25, -0.2) is 13.1 Å². The van der Waals surface area contributed by atoms with Crippen LogP contribution in [0, 0.1) is 6.92 Å². The molecule has 0 saturated heterocycles. The van der Waals surface area contributed by atoms with Crippen LogP contribution in [0.15, 0.2) is 47.4 Å². The highest BCUT2D eigenvalue weighted by molar-refractivity contribution is 7.89. The Kier molecular flexibility index (Phi) is 6.74. The van der Waals surface area contributed by atoms with Gasteiger partial charge < -0.3 is 4.90 Å². The van der Waals surface area contributed by atoms with Gasteiger partial charge in [0.15, 0.2) is 0 Å². The fraction of sp³-hybridized carbons (Fsp3) is 0.350. The topological polar surface area (TPSA) is 66.5 Å². The highest BCUT2D eigenvalue weighted by Gasteiger charge is 2.33. The van der Waals surface area contributed by atoms with E-state index in [0.29, 0.717) is 17.2 Å². The zero-order chi connectivity index (χ0) is 22.0. The van der Waals surface area contributed by atoms with Gasteiger partial charge in [0.05, 0.1) is 10.5 Å². The molecule has 0 fully saturated rings. The lowest BCUT2D eigenvalue weighted by molar-refractivity contribution is -0.138. The molecule has 0 spiro atoms. The highest BCUT2D eigenvalue weighted by atomic mass is 32.2. The molecule has 2 aromatic rings. The lowest BCUT2D eigenvalue weighted by Gasteiger charge is -2.21. The number of alkyl halides is 3. The van der Waals surface area contributed by atoms with E-state index < -0.39 is 26.7 Å². The van der Waals surface area contributed by atoms with Crippen LogP contribution in [0.1, 0.15) is 40.9 Å². The van der Waals surface area contributed by atoms with Crippen LogP contribution in [0.4, 0.5) is 13.2 Å². The maximum absolute atomic E-state index is 13.0. The first-order valence-corrected chi connectivity index (χ1v) is 10.3. The summed E-state index contributed by atoms with van der Waals surface area (Å²) in [6.45, 7) is 4.92. The lowest BCUT2D eigenvalue weighted by Crippen LogP contribution is -2.32. The van der Waals surface area contributed by atoms with Crippen LogP contribution in [-0.4, -0.2) is 32.3 Å². The Morgan fingerprint density at radius 2 is 1.69 bits per heavy atom. The summed E-state index contributed by atoms with van der Waals surface area (Å²) in [4.78, 5) is 13.4. The molecule has 158 valence electrons. The number of carbonyl (C=O) groups is 1. The Bertz CT molecular complexity index is 985. The molecule has 0 aromatic heterocycles. The van der Waals surface area contributed by atoms with Crippen molar-refractivity contribution in [2.24, 2.45) is 0 Å². The molecule has 0 aliphatic rings. The van der Waals surface area contributed by atoms with Gasteiger partial charge in [0, 0.05) is 25.2 Å². The first-order chi connectivity index (χ1) is 13.3. The van der Waals surface area contributed by atoms with Crippen molar-refractivity contribution in [2.75, 3.05) is 7.05 Å². The second-order valence-electron chi connectivity index (χ2n) is 7.01. The number of amides is 1. The third kappa shape index (κ3) is 5.57. The van der Waals surface area contributed by atoms with E-state index in [2.05, 4.69) is 4.72 Å². The summed E-state index contributed by atoms with van der Waals surface area (Å²) in [5.74, 6) is -0.161. The Labute approximate surface area is 168 Å². The molecule has 0 aliphatic carbocycles. The molecule has 0 aliphatic heterocycles. The summed E-state index contributed by atoms with van der Waals surface area (Å²) < 4.78 is 66.2. The fourth-order valence-electron chi connectivity index (χ4n) is 2.54. The highest BCUT2D eigenvalue weighted by Crippen LogP contribution is 2.33. The summed E-state index contributed by atoms with van der Waals surface area (Å²) >= 11 is 0. The summed E-state index contributed by atoms with van der Waals surface area (Å²) in [5.41, 5.74) is -0.0118. The van der Waals surface area contributed by atoms with Crippen LogP contribution < -0.4 is 4.72 Å². The third-order valence-corrected chi connectivity index (χ3v) is 5.99. The second-order valence-corrected chi connectivity index (χ2v) is 8.77. The van der Waals surface area contributed by atoms with Crippen LogP contribution in [0.2, 0.25) is 0 Å². The molecule has 1 N–H and O–H groups in total. The van der Waals surface area contributed by atoms with Crippen LogP contribution in [-0.2, 0) is 22.7 Å². The van der Waals surface area contributed by atoms with Crippen molar-refractivity contribution in [1.29, 1.82) is 0 Å². The Morgan fingerprint density at radius 1 is 1.10 bits per heavy atom. The van der Waals surface area contributed by atoms with E-state index in [1.807, 2.05) is 13.8 Å². The van der Waals surface area contributed by atoms with Gasteiger partial charge in [-0.3, -0.25) is 4.79 Å². The number of nitrogens with one attached hydrogen (secondary N) is 1. The van der Waals surface area contributed by atoms with Crippen LogP contribution in [0.25, 0.3) is 0 Å². The molecule has 0 radical (unpaired) electrons. The number of nitrogens with zero attached hydrogens (tertiary/aromatic N) is 1. The molecular weight excluding hydrogens is 405 g/mol. The lowest BCUT2D eigenvalue weighted by atomic mass is 10.1. The monoisotopic (exact) mass is 428 g/mol. The van der Waals surface area contributed by atoms with Gasteiger partial charge in [-0.15, -0.1) is 0 Å². The second kappa shape index (κ2) is 8.54. The predicted molar refractivity (Wildman–Crippen MR) is 104 cm³/mol. The molecule has 0 heterocycles. The predicted octanol–water partition coefficient (Wildman–Crippen LogP) is 3.97. The van der Waals surface area contributed by atoms with Crippen molar-refractivity contribution >= 4 is 15.9 Å². The number of sulfonamides is 1. The molecule has 2 aromatic carbocycles. The average Bonchev–Trinajstić information content (AvgIpc) is 2.64. The van der Waals surface area contributed by atoms with Gasteiger partial charge in [-0.2, -0.15) is 13.2 Å².